The molecule has 0 spiro atoms. The molecular formula is C10H17F2N3O. The molecule has 0 saturated heterocycles. The lowest BCUT2D eigenvalue weighted by Gasteiger charge is -2.09. The van der Waals surface area contributed by atoms with Crippen LogP contribution in [0.2, 0.25) is 0 Å². The highest BCUT2D eigenvalue weighted by Gasteiger charge is 2.15. The Kier molecular flexibility index (Phi) is 5.34. The predicted octanol–water partition coefficient (Wildman–Crippen LogP) is 1.01. The van der Waals surface area contributed by atoms with Gasteiger partial charge in [0.15, 0.2) is 0 Å². The molecule has 0 aromatic carbocycles. The molecule has 0 amide bonds. The van der Waals surface area contributed by atoms with Gasteiger partial charge in [0.2, 0.25) is 0 Å². The van der Waals surface area contributed by atoms with Gasteiger partial charge in [-0.3, -0.25) is 4.68 Å². The lowest BCUT2D eigenvalue weighted by molar-refractivity contribution is -0.00340. The summed E-state index contributed by atoms with van der Waals surface area (Å²) in [5.41, 5.74) is 0.926. The van der Waals surface area contributed by atoms with Gasteiger partial charge in [0.25, 0.3) is 6.43 Å². The monoisotopic (exact) mass is 233 g/mol. The van der Waals surface area contributed by atoms with Gasteiger partial charge in [-0.25, -0.2) is 8.78 Å². The van der Waals surface area contributed by atoms with Gasteiger partial charge in [-0.2, -0.15) is 5.10 Å². The Morgan fingerprint density at radius 3 is 2.94 bits per heavy atom. The maximum absolute atomic E-state index is 12.0. The van der Waals surface area contributed by atoms with E-state index in [1.165, 1.54) is 0 Å². The zero-order valence-corrected chi connectivity index (χ0v) is 9.24. The number of aliphatic hydroxyl groups is 1. The first-order valence-corrected chi connectivity index (χ1v) is 5.31. The highest BCUT2D eigenvalue weighted by Crippen LogP contribution is 2.01. The van der Waals surface area contributed by atoms with E-state index < -0.39 is 12.5 Å². The van der Waals surface area contributed by atoms with Gasteiger partial charge in [0.1, 0.15) is 6.10 Å². The molecule has 0 aliphatic rings. The summed E-state index contributed by atoms with van der Waals surface area (Å²) < 4.78 is 25.7. The summed E-state index contributed by atoms with van der Waals surface area (Å²) >= 11 is 0. The summed E-state index contributed by atoms with van der Waals surface area (Å²) in [6.07, 6.45) is 0.252. The Bertz CT molecular complexity index is 304. The SMILES string of the molecule is CCCn1cc(CNCC(O)C(F)F)cn1. The average molecular weight is 233 g/mol. The summed E-state index contributed by atoms with van der Waals surface area (Å²) in [5.74, 6) is 0. The molecule has 0 aliphatic heterocycles. The van der Waals surface area contributed by atoms with Crippen LogP contribution >= 0.6 is 0 Å². The van der Waals surface area contributed by atoms with Crippen molar-refractivity contribution < 1.29 is 13.9 Å². The average Bonchev–Trinajstić information content (AvgIpc) is 2.66. The largest absolute Gasteiger partial charge is 0.386 e. The standard InChI is InChI=1S/C10H17F2N3O/c1-2-3-15-7-8(5-14-15)4-13-6-9(16)10(11)12/h5,7,9-10,13,16H,2-4,6H2,1H3. The van der Waals surface area contributed by atoms with Crippen molar-refractivity contribution >= 4 is 0 Å². The Hall–Kier alpha value is -1.01. The quantitative estimate of drug-likeness (QED) is 0.739. The zero-order chi connectivity index (χ0) is 12.0. The van der Waals surface area contributed by atoms with Crippen molar-refractivity contribution in [3.05, 3.63) is 18.0 Å². The number of nitrogens with one attached hydrogen (secondary N) is 1. The molecule has 6 heteroatoms. The van der Waals surface area contributed by atoms with Crippen LogP contribution in [0.3, 0.4) is 0 Å². The van der Waals surface area contributed by atoms with Gasteiger partial charge in [-0.1, -0.05) is 6.92 Å². The summed E-state index contributed by atoms with van der Waals surface area (Å²) in [5, 5.41) is 15.7. The van der Waals surface area contributed by atoms with E-state index >= 15 is 0 Å². The molecule has 1 aromatic heterocycles. The van der Waals surface area contributed by atoms with Crippen LogP contribution in [0.15, 0.2) is 12.4 Å². The van der Waals surface area contributed by atoms with Crippen molar-refractivity contribution in [1.29, 1.82) is 0 Å². The molecule has 1 heterocycles. The Balaban J connectivity index is 2.26. The lowest BCUT2D eigenvalue weighted by atomic mass is 10.3. The molecule has 92 valence electrons. The van der Waals surface area contributed by atoms with E-state index in [2.05, 4.69) is 17.3 Å². The fourth-order valence-electron chi connectivity index (χ4n) is 1.30. The second-order valence-electron chi connectivity index (χ2n) is 3.64. The molecule has 1 atom stereocenters. The number of aryl methyl sites for hydroxylation is 1. The molecule has 0 radical (unpaired) electrons. The van der Waals surface area contributed by atoms with Crippen LogP contribution < -0.4 is 5.32 Å². The number of nitrogens with zero attached hydrogens (tertiary/aromatic N) is 2. The maximum atomic E-state index is 12.0. The summed E-state index contributed by atoms with van der Waals surface area (Å²) in [7, 11) is 0. The number of halogens is 2. The van der Waals surface area contributed by atoms with Crippen LogP contribution in [0.5, 0.6) is 0 Å². The molecule has 4 nitrogen and oxygen atoms in total. The Morgan fingerprint density at radius 1 is 1.56 bits per heavy atom. The fourth-order valence-corrected chi connectivity index (χ4v) is 1.30. The fraction of sp³-hybridized carbons (Fsp3) is 0.700. The number of hydrogen-bond acceptors (Lipinski definition) is 3. The number of aromatic nitrogens is 2. The summed E-state index contributed by atoms with van der Waals surface area (Å²) in [6.45, 7) is 3.22. The molecule has 2 N–H and O–H groups in total. The van der Waals surface area contributed by atoms with E-state index in [4.69, 9.17) is 5.11 Å². The van der Waals surface area contributed by atoms with Crippen molar-refractivity contribution in [1.82, 2.24) is 15.1 Å². The second kappa shape index (κ2) is 6.55. The van der Waals surface area contributed by atoms with Crippen LogP contribution in [0.4, 0.5) is 8.78 Å². The maximum Gasteiger partial charge on any atom is 0.265 e. The summed E-state index contributed by atoms with van der Waals surface area (Å²) in [6, 6.07) is 0. The summed E-state index contributed by atoms with van der Waals surface area (Å²) in [4.78, 5) is 0. The normalized spacial score (nSPS) is 13.3. The third kappa shape index (κ3) is 4.24. The van der Waals surface area contributed by atoms with E-state index in [1.807, 2.05) is 6.20 Å². The van der Waals surface area contributed by atoms with Gasteiger partial charge in [0.05, 0.1) is 6.20 Å². The highest BCUT2D eigenvalue weighted by atomic mass is 19.3. The van der Waals surface area contributed by atoms with Gasteiger partial charge in [0, 0.05) is 31.4 Å². The van der Waals surface area contributed by atoms with Crippen molar-refractivity contribution in [3.8, 4) is 0 Å². The molecule has 0 saturated carbocycles. The number of hydrogen-bond donors (Lipinski definition) is 2. The van der Waals surface area contributed by atoms with Crippen LogP contribution in [-0.4, -0.2) is 34.0 Å². The van der Waals surface area contributed by atoms with Crippen molar-refractivity contribution in [2.45, 2.75) is 39.0 Å². The van der Waals surface area contributed by atoms with E-state index in [0.29, 0.717) is 6.54 Å². The minimum atomic E-state index is -2.70. The molecule has 1 unspecified atom stereocenters. The Labute approximate surface area is 93.3 Å². The van der Waals surface area contributed by atoms with Gasteiger partial charge >= 0.3 is 0 Å². The first-order valence-electron chi connectivity index (χ1n) is 5.31. The minimum absolute atomic E-state index is 0.114. The number of alkyl halides is 2. The third-order valence-corrected chi connectivity index (χ3v) is 2.11. The first-order chi connectivity index (χ1) is 7.63. The molecule has 16 heavy (non-hydrogen) atoms. The number of aliphatic hydroxyl groups excluding tert-OH is 1. The molecule has 0 bridgehead atoms. The zero-order valence-electron chi connectivity index (χ0n) is 9.24. The molecular weight excluding hydrogens is 216 g/mol. The van der Waals surface area contributed by atoms with E-state index in [0.717, 1.165) is 18.5 Å². The van der Waals surface area contributed by atoms with Gasteiger partial charge in [-0.15, -0.1) is 0 Å². The van der Waals surface area contributed by atoms with Crippen molar-refractivity contribution in [2.75, 3.05) is 6.54 Å². The molecule has 1 rings (SSSR count). The topological polar surface area (TPSA) is 50.1 Å². The third-order valence-electron chi connectivity index (χ3n) is 2.11. The van der Waals surface area contributed by atoms with Crippen molar-refractivity contribution in [3.63, 3.8) is 0 Å². The second-order valence-corrected chi connectivity index (χ2v) is 3.64. The van der Waals surface area contributed by atoms with Gasteiger partial charge < -0.3 is 10.4 Å². The predicted molar refractivity (Wildman–Crippen MR) is 56.2 cm³/mol. The van der Waals surface area contributed by atoms with Crippen LogP contribution in [0.25, 0.3) is 0 Å². The van der Waals surface area contributed by atoms with Crippen LogP contribution in [0.1, 0.15) is 18.9 Å². The van der Waals surface area contributed by atoms with Crippen LogP contribution in [-0.2, 0) is 13.1 Å². The van der Waals surface area contributed by atoms with E-state index in [-0.39, 0.29) is 6.54 Å². The molecule has 0 fully saturated rings. The van der Waals surface area contributed by atoms with Crippen molar-refractivity contribution in [2.24, 2.45) is 0 Å². The highest BCUT2D eigenvalue weighted by molar-refractivity contribution is 5.03. The number of rotatable bonds is 7. The minimum Gasteiger partial charge on any atom is -0.386 e. The first kappa shape index (κ1) is 13.1. The smallest absolute Gasteiger partial charge is 0.265 e. The Morgan fingerprint density at radius 2 is 2.31 bits per heavy atom. The van der Waals surface area contributed by atoms with Crippen LogP contribution in [0, 0.1) is 0 Å². The van der Waals surface area contributed by atoms with Gasteiger partial charge in [-0.05, 0) is 6.42 Å². The molecule has 1 aromatic rings. The van der Waals surface area contributed by atoms with E-state index in [9.17, 15) is 8.78 Å². The molecule has 0 aliphatic carbocycles. The van der Waals surface area contributed by atoms with E-state index in [1.54, 1.807) is 10.9 Å². The lowest BCUT2D eigenvalue weighted by Crippen LogP contribution is -2.31.